The summed E-state index contributed by atoms with van der Waals surface area (Å²) in [5.41, 5.74) is 1.17. The van der Waals surface area contributed by atoms with Gasteiger partial charge in [-0.25, -0.2) is 9.97 Å². The molecule has 1 atom stereocenters. The van der Waals surface area contributed by atoms with Crippen LogP contribution in [0.15, 0.2) is 17.6 Å². The molecule has 1 aromatic heterocycles. The summed E-state index contributed by atoms with van der Waals surface area (Å²) in [5.74, 6) is 0.731. The fourth-order valence-electron chi connectivity index (χ4n) is 3.03. The van der Waals surface area contributed by atoms with Crippen molar-refractivity contribution < 1.29 is 5.11 Å². The first kappa shape index (κ1) is 18.6. The molecular weight excluding hydrogens is 308 g/mol. The van der Waals surface area contributed by atoms with Gasteiger partial charge in [-0.05, 0) is 31.6 Å². The van der Waals surface area contributed by atoms with Gasteiger partial charge in [0.05, 0.1) is 0 Å². The van der Waals surface area contributed by atoms with E-state index in [1.807, 2.05) is 18.6 Å². The molecule has 0 spiro atoms. The normalized spacial score (nSPS) is 20.3. The summed E-state index contributed by atoms with van der Waals surface area (Å²) in [6.07, 6.45) is 7.95. The van der Waals surface area contributed by atoms with Crippen molar-refractivity contribution in [2.45, 2.75) is 44.4 Å². The molecule has 1 N–H and O–H groups in total. The highest BCUT2D eigenvalue weighted by Crippen LogP contribution is 2.17. The number of hydrogen-bond acceptors (Lipinski definition) is 6. The lowest BCUT2D eigenvalue weighted by Gasteiger charge is -2.41. The summed E-state index contributed by atoms with van der Waals surface area (Å²) in [6.45, 7) is 10.0. The Bertz CT molecular complexity index is 454. The lowest BCUT2D eigenvalue weighted by Crippen LogP contribution is -2.53. The molecule has 0 aliphatic carbocycles. The van der Waals surface area contributed by atoms with Crippen molar-refractivity contribution in [1.29, 1.82) is 0 Å². The Balaban J connectivity index is 1.89. The second-order valence-electron chi connectivity index (χ2n) is 6.70. The first-order valence-corrected chi connectivity index (χ1v) is 9.77. The Labute approximate surface area is 144 Å². The van der Waals surface area contributed by atoms with Gasteiger partial charge in [0.25, 0.3) is 0 Å². The molecule has 0 aromatic carbocycles. The molecule has 0 radical (unpaired) electrons. The smallest absolute Gasteiger partial charge is 0.187 e. The van der Waals surface area contributed by atoms with E-state index in [0.717, 1.165) is 50.2 Å². The minimum absolute atomic E-state index is 0.266. The maximum Gasteiger partial charge on any atom is 0.187 e. The molecule has 6 heteroatoms. The number of aliphatic hydroxyl groups is 1. The predicted octanol–water partition coefficient (Wildman–Crippen LogP) is 2.11. The van der Waals surface area contributed by atoms with Gasteiger partial charge in [-0.15, -0.1) is 0 Å². The monoisotopic (exact) mass is 338 g/mol. The van der Waals surface area contributed by atoms with Crippen molar-refractivity contribution >= 4 is 11.8 Å². The molecule has 2 rings (SSSR count). The Kier molecular flexibility index (Phi) is 7.76. The summed E-state index contributed by atoms with van der Waals surface area (Å²) >= 11 is 1.57. The van der Waals surface area contributed by atoms with Crippen LogP contribution in [0, 0.1) is 5.92 Å². The number of nitrogens with zero attached hydrogens (tertiary/aromatic N) is 4. The van der Waals surface area contributed by atoms with Crippen molar-refractivity contribution in [2.75, 3.05) is 39.0 Å². The standard InChI is InChI=1S/C17H30N4OS/c1-14(2)4-6-21-8-7-20(13-16(21)5-9-22)12-15-10-18-17(23-3)19-11-15/h10-11,14,16,22H,4-9,12-13H2,1-3H3/t16-/m1/s1. The number of thioether (sulfide) groups is 1. The van der Waals surface area contributed by atoms with E-state index in [2.05, 4.69) is 33.6 Å². The van der Waals surface area contributed by atoms with Crippen LogP contribution in [-0.4, -0.2) is 70.0 Å². The third-order valence-corrected chi connectivity index (χ3v) is 4.99. The molecule has 1 aliphatic heterocycles. The van der Waals surface area contributed by atoms with Gasteiger partial charge in [-0.1, -0.05) is 25.6 Å². The van der Waals surface area contributed by atoms with Crippen molar-refractivity contribution in [1.82, 2.24) is 19.8 Å². The molecule has 1 aromatic rings. The van der Waals surface area contributed by atoms with Crippen molar-refractivity contribution in [3.63, 3.8) is 0 Å². The molecule has 130 valence electrons. The van der Waals surface area contributed by atoms with Crippen LogP contribution in [0.25, 0.3) is 0 Å². The van der Waals surface area contributed by atoms with Gasteiger partial charge >= 0.3 is 0 Å². The summed E-state index contributed by atoms with van der Waals surface area (Å²) in [7, 11) is 0. The van der Waals surface area contributed by atoms with E-state index in [0.29, 0.717) is 6.04 Å². The molecule has 0 amide bonds. The largest absolute Gasteiger partial charge is 0.396 e. The Morgan fingerprint density at radius 3 is 2.65 bits per heavy atom. The minimum atomic E-state index is 0.266. The van der Waals surface area contributed by atoms with Crippen LogP contribution in [0.2, 0.25) is 0 Å². The number of piperazine rings is 1. The first-order valence-electron chi connectivity index (χ1n) is 8.54. The van der Waals surface area contributed by atoms with Gasteiger partial charge in [-0.3, -0.25) is 9.80 Å². The molecule has 5 nitrogen and oxygen atoms in total. The zero-order chi connectivity index (χ0) is 16.7. The van der Waals surface area contributed by atoms with Crippen molar-refractivity contribution in [2.24, 2.45) is 5.92 Å². The molecule has 0 unspecified atom stereocenters. The predicted molar refractivity (Wildman–Crippen MR) is 95.6 cm³/mol. The lowest BCUT2D eigenvalue weighted by atomic mass is 10.1. The molecule has 1 fully saturated rings. The minimum Gasteiger partial charge on any atom is -0.396 e. The third kappa shape index (κ3) is 6.03. The van der Waals surface area contributed by atoms with Crippen LogP contribution in [0.4, 0.5) is 0 Å². The summed E-state index contributed by atoms with van der Waals surface area (Å²) in [6, 6.07) is 0.457. The lowest BCUT2D eigenvalue weighted by molar-refractivity contribution is 0.0523. The highest BCUT2D eigenvalue weighted by molar-refractivity contribution is 7.98. The van der Waals surface area contributed by atoms with Crippen LogP contribution in [0.5, 0.6) is 0 Å². The number of hydrogen-bond donors (Lipinski definition) is 1. The second kappa shape index (κ2) is 9.57. The molecular formula is C17H30N4OS. The van der Waals surface area contributed by atoms with E-state index < -0.39 is 0 Å². The average molecular weight is 339 g/mol. The fourth-order valence-corrected chi connectivity index (χ4v) is 3.35. The SMILES string of the molecule is CSc1ncc(CN2CCN(CCC(C)C)[C@H](CCO)C2)cn1. The van der Waals surface area contributed by atoms with Gasteiger partial charge in [0.15, 0.2) is 5.16 Å². The van der Waals surface area contributed by atoms with Crippen LogP contribution in [-0.2, 0) is 6.54 Å². The van der Waals surface area contributed by atoms with Crippen LogP contribution < -0.4 is 0 Å². The van der Waals surface area contributed by atoms with Crippen LogP contribution >= 0.6 is 11.8 Å². The van der Waals surface area contributed by atoms with Crippen LogP contribution in [0.1, 0.15) is 32.3 Å². The number of aromatic nitrogens is 2. The van der Waals surface area contributed by atoms with E-state index in [1.165, 1.54) is 12.0 Å². The first-order chi connectivity index (χ1) is 11.1. The fraction of sp³-hybridized carbons (Fsp3) is 0.765. The van der Waals surface area contributed by atoms with Crippen LogP contribution in [0.3, 0.4) is 0 Å². The van der Waals surface area contributed by atoms with Gasteiger partial charge in [0.1, 0.15) is 0 Å². The zero-order valence-electron chi connectivity index (χ0n) is 14.6. The summed E-state index contributed by atoms with van der Waals surface area (Å²) in [5, 5.41) is 10.2. The highest BCUT2D eigenvalue weighted by Gasteiger charge is 2.26. The number of rotatable bonds is 8. The maximum atomic E-state index is 9.38. The number of aliphatic hydroxyl groups excluding tert-OH is 1. The topological polar surface area (TPSA) is 52.5 Å². The zero-order valence-corrected chi connectivity index (χ0v) is 15.4. The van der Waals surface area contributed by atoms with Gasteiger partial charge < -0.3 is 5.11 Å². The Hall–Kier alpha value is -0.690. The van der Waals surface area contributed by atoms with E-state index in [1.54, 1.807) is 11.8 Å². The average Bonchev–Trinajstić information content (AvgIpc) is 2.55. The van der Waals surface area contributed by atoms with Gasteiger partial charge in [0.2, 0.25) is 0 Å². The Morgan fingerprint density at radius 2 is 2.04 bits per heavy atom. The Morgan fingerprint density at radius 1 is 1.30 bits per heavy atom. The third-order valence-electron chi connectivity index (χ3n) is 4.42. The highest BCUT2D eigenvalue weighted by atomic mass is 32.2. The van der Waals surface area contributed by atoms with Gasteiger partial charge in [-0.2, -0.15) is 0 Å². The molecule has 1 saturated heterocycles. The van der Waals surface area contributed by atoms with E-state index in [9.17, 15) is 5.11 Å². The van der Waals surface area contributed by atoms with Crippen molar-refractivity contribution in [3.05, 3.63) is 18.0 Å². The van der Waals surface area contributed by atoms with E-state index in [-0.39, 0.29) is 6.61 Å². The molecule has 0 bridgehead atoms. The summed E-state index contributed by atoms with van der Waals surface area (Å²) in [4.78, 5) is 13.7. The molecule has 0 saturated carbocycles. The van der Waals surface area contributed by atoms with E-state index >= 15 is 0 Å². The molecule has 23 heavy (non-hydrogen) atoms. The molecule has 2 heterocycles. The van der Waals surface area contributed by atoms with Crippen molar-refractivity contribution in [3.8, 4) is 0 Å². The second-order valence-corrected chi connectivity index (χ2v) is 7.47. The summed E-state index contributed by atoms with van der Waals surface area (Å²) < 4.78 is 0. The molecule has 1 aliphatic rings. The quantitative estimate of drug-likeness (QED) is 0.579. The maximum absolute atomic E-state index is 9.38. The van der Waals surface area contributed by atoms with Gasteiger partial charge in [0, 0.05) is 56.8 Å². The van der Waals surface area contributed by atoms with E-state index in [4.69, 9.17) is 0 Å².